The Bertz CT molecular complexity index is 816. The second-order valence-corrected chi connectivity index (χ2v) is 6.40. The third-order valence-electron chi connectivity index (χ3n) is 4.23. The van der Waals surface area contributed by atoms with Crippen molar-refractivity contribution in [3.05, 3.63) is 65.7 Å². The number of hydrogen-bond acceptors (Lipinski definition) is 3. The Labute approximate surface area is 151 Å². The molecule has 26 heavy (non-hydrogen) atoms. The van der Waals surface area contributed by atoms with E-state index in [1.165, 1.54) is 0 Å². The molecule has 6 heteroatoms. The maximum Gasteiger partial charge on any atom is 0.326 e. The Morgan fingerprint density at radius 1 is 1.04 bits per heavy atom. The van der Waals surface area contributed by atoms with E-state index in [-0.39, 0.29) is 18.2 Å². The number of carboxylic acid groups (broad SMARTS) is 1. The summed E-state index contributed by atoms with van der Waals surface area (Å²) in [6.45, 7) is 0. The van der Waals surface area contributed by atoms with Crippen LogP contribution in [-0.2, 0) is 16.0 Å². The lowest BCUT2D eigenvalue weighted by Crippen LogP contribution is -2.42. The predicted molar refractivity (Wildman–Crippen MR) is 96.8 cm³/mol. The average Bonchev–Trinajstić information content (AvgIpc) is 3.47. The van der Waals surface area contributed by atoms with E-state index < -0.39 is 17.9 Å². The number of anilines is 1. The Balaban J connectivity index is 1.67. The monoisotopic (exact) mass is 352 g/mol. The molecule has 0 saturated heterocycles. The van der Waals surface area contributed by atoms with Crippen molar-refractivity contribution >= 4 is 23.5 Å². The van der Waals surface area contributed by atoms with Gasteiger partial charge >= 0.3 is 5.97 Å². The van der Waals surface area contributed by atoms with Gasteiger partial charge in [-0.2, -0.15) is 0 Å². The number of carboxylic acids is 1. The van der Waals surface area contributed by atoms with Crippen LogP contribution in [0.2, 0.25) is 0 Å². The lowest BCUT2D eigenvalue weighted by molar-refractivity contribution is -0.139. The second-order valence-electron chi connectivity index (χ2n) is 6.40. The summed E-state index contributed by atoms with van der Waals surface area (Å²) >= 11 is 0. The Morgan fingerprint density at radius 2 is 1.77 bits per heavy atom. The second kappa shape index (κ2) is 7.82. The van der Waals surface area contributed by atoms with E-state index in [2.05, 4.69) is 10.6 Å². The number of benzene rings is 2. The van der Waals surface area contributed by atoms with Gasteiger partial charge < -0.3 is 15.7 Å². The Kier molecular flexibility index (Phi) is 5.31. The van der Waals surface area contributed by atoms with Crippen molar-refractivity contribution in [3.8, 4) is 0 Å². The standard InChI is InChI=1S/C20H20N2O4/c23-18(14-9-10-14)21-16-8-4-7-15(12-16)19(24)22-17(20(25)26)11-13-5-2-1-3-6-13/h1-8,12,14,17H,9-11H2,(H,21,23)(H,22,24)(H,25,26). The molecule has 2 aromatic carbocycles. The zero-order valence-corrected chi connectivity index (χ0v) is 14.1. The summed E-state index contributed by atoms with van der Waals surface area (Å²) < 4.78 is 0. The number of amides is 2. The van der Waals surface area contributed by atoms with Crippen molar-refractivity contribution in [1.29, 1.82) is 0 Å². The molecule has 2 amide bonds. The van der Waals surface area contributed by atoms with E-state index in [0.29, 0.717) is 11.3 Å². The van der Waals surface area contributed by atoms with Crippen LogP contribution in [0.4, 0.5) is 5.69 Å². The maximum atomic E-state index is 12.4. The number of rotatable bonds is 7. The van der Waals surface area contributed by atoms with Gasteiger partial charge in [-0.15, -0.1) is 0 Å². The molecule has 3 N–H and O–H groups in total. The molecular formula is C20H20N2O4. The molecule has 0 heterocycles. The van der Waals surface area contributed by atoms with Crippen molar-refractivity contribution in [2.45, 2.75) is 25.3 Å². The molecule has 1 atom stereocenters. The highest BCUT2D eigenvalue weighted by atomic mass is 16.4. The van der Waals surface area contributed by atoms with Crippen LogP contribution < -0.4 is 10.6 Å². The van der Waals surface area contributed by atoms with Gasteiger partial charge in [0.2, 0.25) is 5.91 Å². The van der Waals surface area contributed by atoms with Gasteiger partial charge in [0, 0.05) is 23.6 Å². The zero-order valence-electron chi connectivity index (χ0n) is 14.1. The molecule has 0 aliphatic heterocycles. The number of aliphatic carboxylic acids is 1. The normalized spacial score (nSPS) is 14.3. The molecule has 2 aromatic rings. The van der Waals surface area contributed by atoms with Gasteiger partial charge in [0.1, 0.15) is 6.04 Å². The molecular weight excluding hydrogens is 332 g/mol. The molecule has 1 fully saturated rings. The van der Waals surface area contributed by atoms with Gasteiger partial charge in [-0.05, 0) is 36.6 Å². The summed E-state index contributed by atoms with van der Waals surface area (Å²) in [6.07, 6.45) is 1.98. The molecule has 1 aliphatic rings. The van der Waals surface area contributed by atoms with Crippen LogP contribution in [-0.4, -0.2) is 28.9 Å². The molecule has 0 bridgehead atoms. The van der Waals surface area contributed by atoms with Crippen LogP contribution in [0.25, 0.3) is 0 Å². The maximum absolute atomic E-state index is 12.4. The summed E-state index contributed by atoms with van der Waals surface area (Å²) in [5.41, 5.74) is 1.66. The van der Waals surface area contributed by atoms with Crippen LogP contribution in [0.1, 0.15) is 28.8 Å². The van der Waals surface area contributed by atoms with Crippen molar-refractivity contribution in [2.24, 2.45) is 5.92 Å². The van der Waals surface area contributed by atoms with E-state index in [1.54, 1.807) is 24.3 Å². The van der Waals surface area contributed by atoms with Gasteiger partial charge in [0.05, 0.1) is 0 Å². The minimum atomic E-state index is -1.10. The third-order valence-corrected chi connectivity index (χ3v) is 4.23. The van der Waals surface area contributed by atoms with Gasteiger partial charge in [-0.3, -0.25) is 9.59 Å². The fourth-order valence-electron chi connectivity index (χ4n) is 2.62. The fraction of sp³-hybridized carbons (Fsp3) is 0.250. The largest absolute Gasteiger partial charge is 0.480 e. The molecule has 134 valence electrons. The van der Waals surface area contributed by atoms with E-state index in [0.717, 1.165) is 18.4 Å². The van der Waals surface area contributed by atoms with E-state index in [4.69, 9.17) is 0 Å². The molecule has 1 unspecified atom stereocenters. The topological polar surface area (TPSA) is 95.5 Å². The summed E-state index contributed by atoms with van der Waals surface area (Å²) in [5.74, 6) is -1.57. The fourth-order valence-corrected chi connectivity index (χ4v) is 2.62. The first-order chi connectivity index (χ1) is 12.5. The van der Waals surface area contributed by atoms with Crippen molar-refractivity contribution < 1.29 is 19.5 Å². The minimum absolute atomic E-state index is 0.0463. The molecule has 6 nitrogen and oxygen atoms in total. The van der Waals surface area contributed by atoms with Crippen LogP contribution in [0.15, 0.2) is 54.6 Å². The van der Waals surface area contributed by atoms with Crippen molar-refractivity contribution in [3.63, 3.8) is 0 Å². The van der Waals surface area contributed by atoms with E-state index >= 15 is 0 Å². The zero-order chi connectivity index (χ0) is 18.5. The predicted octanol–water partition coefficient (Wildman–Crippen LogP) is 2.46. The highest BCUT2D eigenvalue weighted by Gasteiger charge is 2.29. The first kappa shape index (κ1) is 17.7. The van der Waals surface area contributed by atoms with Crippen molar-refractivity contribution in [2.75, 3.05) is 5.32 Å². The molecule has 3 rings (SSSR count). The summed E-state index contributed by atoms with van der Waals surface area (Å²) in [5, 5.41) is 14.7. The smallest absolute Gasteiger partial charge is 0.326 e. The SMILES string of the molecule is O=C(NC(Cc1ccccc1)C(=O)O)c1cccc(NC(=O)C2CC2)c1. The Hall–Kier alpha value is -3.15. The summed E-state index contributed by atoms with van der Waals surface area (Å²) in [7, 11) is 0. The lowest BCUT2D eigenvalue weighted by Gasteiger charge is -2.15. The molecule has 1 saturated carbocycles. The quantitative estimate of drug-likeness (QED) is 0.713. The van der Waals surface area contributed by atoms with Crippen LogP contribution in [0.3, 0.4) is 0 Å². The van der Waals surface area contributed by atoms with Crippen LogP contribution in [0, 0.1) is 5.92 Å². The Morgan fingerprint density at radius 3 is 2.42 bits per heavy atom. The van der Waals surface area contributed by atoms with Crippen molar-refractivity contribution in [1.82, 2.24) is 5.32 Å². The molecule has 0 aromatic heterocycles. The third kappa shape index (κ3) is 4.69. The number of nitrogens with one attached hydrogen (secondary N) is 2. The van der Waals surface area contributed by atoms with Gasteiger partial charge in [0.15, 0.2) is 0 Å². The first-order valence-corrected chi connectivity index (χ1v) is 8.51. The summed E-state index contributed by atoms with van der Waals surface area (Å²) in [6, 6.07) is 14.6. The van der Waals surface area contributed by atoms with Gasteiger partial charge in [-0.25, -0.2) is 4.79 Å². The number of carbonyl (C=O) groups excluding carboxylic acids is 2. The van der Waals surface area contributed by atoms with E-state index in [9.17, 15) is 19.5 Å². The molecule has 0 radical (unpaired) electrons. The van der Waals surface area contributed by atoms with Crippen LogP contribution in [0.5, 0.6) is 0 Å². The lowest BCUT2D eigenvalue weighted by atomic mass is 10.1. The summed E-state index contributed by atoms with van der Waals surface area (Å²) in [4.78, 5) is 35.8. The highest BCUT2D eigenvalue weighted by molar-refractivity contribution is 5.99. The first-order valence-electron chi connectivity index (χ1n) is 8.51. The number of carbonyl (C=O) groups is 3. The highest BCUT2D eigenvalue weighted by Crippen LogP contribution is 2.30. The van der Waals surface area contributed by atoms with E-state index in [1.807, 2.05) is 30.3 Å². The number of hydrogen-bond donors (Lipinski definition) is 3. The minimum Gasteiger partial charge on any atom is -0.480 e. The van der Waals surface area contributed by atoms with Gasteiger partial charge in [-0.1, -0.05) is 36.4 Å². The molecule has 0 spiro atoms. The van der Waals surface area contributed by atoms with Gasteiger partial charge in [0.25, 0.3) is 5.91 Å². The molecule has 1 aliphatic carbocycles. The average molecular weight is 352 g/mol. The van der Waals surface area contributed by atoms with Crippen LogP contribution >= 0.6 is 0 Å².